The quantitative estimate of drug-likeness (QED) is 0.248. The molecular weight excluding hydrogens is 513 g/mol. The van der Waals surface area contributed by atoms with E-state index in [-0.39, 0.29) is 18.2 Å². The molecule has 0 bridgehead atoms. The molecule has 0 saturated heterocycles. The Morgan fingerprint density at radius 2 is 1.69 bits per heavy atom. The second kappa shape index (κ2) is 8.93. The van der Waals surface area contributed by atoms with Gasteiger partial charge in [-0.3, -0.25) is 0 Å². The Kier molecular flexibility index (Phi) is 5.74. The molecule has 0 spiro atoms. The van der Waals surface area contributed by atoms with E-state index in [0.29, 0.717) is 36.1 Å². The van der Waals surface area contributed by atoms with Crippen LogP contribution < -0.4 is 4.90 Å². The molecule has 6 rings (SSSR count). The van der Waals surface area contributed by atoms with Gasteiger partial charge in [-0.05, 0) is 55.7 Å². The average Bonchev–Trinajstić information content (AvgIpc) is 3.45. The zero-order valence-electron chi connectivity index (χ0n) is 21.4. The van der Waals surface area contributed by atoms with Crippen LogP contribution in [0.5, 0.6) is 0 Å². The van der Waals surface area contributed by atoms with Gasteiger partial charge in [0.1, 0.15) is 5.82 Å². The van der Waals surface area contributed by atoms with E-state index < -0.39 is 17.6 Å². The van der Waals surface area contributed by atoms with Crippen molar-refractivity contribution in [1.82, 2.24) is 19.7 Å². The molecule has 200 valence electrons. The highest BCUT2D eigenvalue weighted by molar-refractivity contribution is 5.98. The summed E-state index contributed by atoms with van der Waals surface area (Å²) in [5, 5.41) is 5.69. The number of hydrogen-bond donors (Lipinski definition) is 1. The Morgan fingerprint density at radius 1 is 0.949 bits per heavy atom. The fourth-order valence-corrected chi connectivity index (χ4v) is 5.53. The predicted molar refractivity (Wildman–Crippen MR) is 139 cm³/mol. The number of para-hydroxylation sites is 1. The number of aromatic amines is 1. The normalized spacial score (nSPS) is 13.8. The van der Waals surface area contributed by atoms with Gasteiger partial charge in [-0.25, -0.2) is 18.4 Å². The van der Waals surface area contributed by atoms with Gasteiger partial charge in [0.2, 0.25) is 0 Å². The molecule has 0 aliphatic carbocycles. The largest absolute Gasteiger partial charge is 0.417 e. The molecule has 0 amide bonds. The van der Waals surface area contributed by atoms with Crippen molar-refractivity contribution in [2.75, 3.05) is 11.4 Å². The van der Waals surface area contributed by atoms with Gasteiger partial charge in [0.25, 0.3) is 0 Å². The lowest BCUT2D eigenvalue weighted by molar-refractivity contribution is -0.138. The molecule has 4 heterocycles. The predicted octanol–water partition coefficient (Wildman–Crippen LogP) is 7.20. The maximum Gasteiger partial charge on any atom is 0.417 e. The van der Waals surface area contributed by atoms with Gasteiger partial charge in [-0.15, -0.1) is 0 Å². The fourth-order valence-electron chi connectivity index (χ4n) is 5.53. The van der Waals surface area contributed by atoms with Crippen LogP contribution in [0, 0.1) is 32.4 Å². The van der Waals surface area contributed by atoms with Crippen molar-refractivity contribution in [3.8, 4) is 16.9 Å². The third kappa shape index (κ3) is 4.05. The molecule has 39 heavy (non-hydrogen) atoms. The molecule has 0 fully saturated rings. The number of alkyl halides is 3. The second-order valence-electron chi connectivity index (χ2n) is 9.94. The molecular formula is C29H24F5N5. The van der Waals surface area contributed by atoms with Crippen LogP contribution in [0.25, 0.3) is 27.8 Å². The second-order valence-corrected chi connectivity index (χ2v) is 9.94. The number of nitrogens with one attached hydrogen (secondary N) is 1. The number of anilines is 1. The van der Waals surface area contributed by atoms with E-state index in [1.54, 1.807) is 17.2 Å². The molecule has 5 aromatic rings. The van der Waals surface area contributed by atoms with Crippen molar-refractivity contribution in [1.29, 1.82) is 0 Å². The van der Waals surface area contributed by atoms with Gasteiger partial charge in [0.15, 0.2) is 11.6 Å². The van der Waals surface area contributed by atoms with Crippen molar-refractivity contribution < 1.29 is 22.0 Å². The molecule has 1 aliphatic heterocycles. The minimum absolute atomic E-state index is 0.151. The Labute approximate surface area is 220 Å². The van der Waals surface area contributed by atoms with E-state index in [4.69, 9.17) is 5.10 Å². The number of benzene rings is 2. The molecule has 10 heteroatoms. The van der Waals surface area contributed by atoms with Crippen LogP contribution in [0.4, 0.5) is 27.8 Å². The molecule has 2 aromatic carbocycles. The molecule has 0 radical (unpaired) electrons. The van der Waals surface area contributed by atoms with Crippen LogP contribution >= 0.6 is 0 Å². The van der Waals surface area contributed by atoms with E-state index in [1.165, 1.54) is 6.07 Å². The lowest BCUT2D eigenvalue weighted by Gasteiger charge is -2.28. The van der Waals surface area contributed by atoms with Crippen LogP contribution in [0.3, 0.4) is 0 Å². The summed E-state index contributed by atoms with van der Waals surface area (Å²) in [5.74, 6) is -1.57. The Bertz CT molecular complexity index is 1730. The Balaban J connectivity index is 1.57. The number of halogens is 5. The van der Waals surface area contributed by atoms with Crippen molar-refractivity contribution in [2.45, 2.75) is 39.9 Å². The number of hydrogen-bond acceptors (Lipinski definition) is 3. The lowest BCUT2D eigenvalue weighted by atomic mass is 9.96. The van der Waals surface area contributed by atoms with Crippen LogP contribution in [-0.2, 0) is 19.1 Å². The van der Waals surface area contributed by atoms with E-state index in [2.05, 4.69) is 9.97 Å². The fraction of sp³-hybridized carbons (Fsp3) is 0.241. The number of H-pyrrole nitrogens is 1. The van der Waals surface area contributed by atoms with Crippen LogP contribution in [0.1, 0.15) is 33.5 Å². The third-order valence-corrected chi connectivity index (χ3v) is 7.37. The minimum Gasteiger partial charge on any atom is -0.359 e. The first-order chi connectivity index (χ1) is 18.5. The summed E-state index contributed by atoms with van der Waals surface area (Å²) in [7, 11) is 0. The summed E-state index contributed by atoms with van der Waals surface area (Å²) < 4.78 is 70.9. The number of aryl methyl sites for hydroxylation is 3. The molecule has 5 nitrogen and oxygen atoms in total. The summed E-state index contributed by atoms with van der Waals surface area (Å²) in [6.45, 7) is 6.37. The highest BCUT2D eigenvalue weighted by atomic mass is 19.4. The van der Waals surface area contributed by atoms with Gasteiger partial charge in [-0.2, -0.15) is 18.3 Å². The Morgan fingerprint density at radius 3 is 2.38 bits per heavy atom. The van der Waals surface area contributed by atoms with Gasteiger partial charge in [-0.1, -0.05) is 18.2 Å². The van der Waals surface area contributed by atoms with E-state index in [1.807, 2.05) is 43.7 Å². The van der Waals surface area contributed by atoms with Crippen LogP contribution in [0.15, 0.2) is 48.8 Å². The van der Waals surface area contributed by atoms with E-state index in [9.17, 15) is 22.0 Å². The molecule has 0 atom stereocenters. The zero-order valence-corrected chi connectivity index (χ0v) is 21.4. The molecule has 0 unspecified atom stereocenters. The Hall–Kier alpha value is -4.21. The van der Waals surface area contributed by atoms with Gasteiger partial charge in [0.05, 0.1) is 28.2 Å². The van der Waals surface area contributed by atoms with Crippen molar-refractivity contribution in [3.05, 3.63) is 93.9 Å². The number of pyridine rings is 1. The topological polar surface area (TPSA) is 49.7 Å². The monoisotopic (exact) mass is 537 g/mol. The number of nitrogens with zero attached hydrogens (tertiary/aromatic N) is 4. The summed E-state index contributed by atoms with van der Waals surface area (Å²) in [6, 6.07) is 9.54. The van der Waals surface area contributed by atoms with Crippen molar-refractivity contribution in [2.24, 2.45) is 0 Å². The van der Waals surface area contributed by atoms with Gasteiger partial charge >= 0.3 is 6.18 Å². The number of rotatable bonds is 3. The smallest absolute Gasteiger partial charge is 0.359 e. The standard InChI is InChI=1S/C29H24F5N5/c1-15-5-4-6-16(2)26(15)39-27(19-7-8-21(30)25-24(19)17(3)12-35-25)20-14-38(10-9-23(20)37-39)28-22(31)11-18(13-36-28)29(32,33)34/h4-8,11-13,35H,9-10,14H2,1-3H3. The molecule has 3 aromatic heterocycles. The first-order valence-corrected chi connectivity index (χ1v) is 12.5. The highest BCUT2D eigenvalue weighted by Crippen LogP contribution is 2.40. The first-order valence-electron chi connectivity index (χ1n) is 12.5. The summed E-state index contributed by atoms with van der Waals surface area (Å²) >= 11 is 0. The lowest BCUT2D eigenvalue weighted by Crippen LogP contribution is -2.32. The van der Waals surface area contributed by atoms with E-state index in [0.717, 1.165) is 44.9 Å². The molecule has 0 saturated carbocycles. The van der Waals surface area contributed by atoms with Gasteiger partial charge in [0, 0.05) is 48.4 Å². The minimum atomic E-state index is -4.69. The summed E-state index contributed by atoms with van der Waals surface area (Å²) in [5.41, 5.74) is 6.03. The van der Waals surface area contributed by atoms with Crippen LogP contribution in [0.2, 0.25) is 0 Å². The summed E-state index contributed by atoms with van der Waals surface area (Å²) in [6.07, 6.45) is -1.86. The number of fused-ring (bicyclic) bond motifs is 2. The number of aromatic nitrogens is 4. The van der Waals surface area contributed by atoms with Gasteiger partial charge < -0.3 is 9.88 Å². The van der Waals surface area contributed by atoms with E-state index >= 15 is 0 Å². The van der Waals surface area contributed by atoms with Crippen LogP contribution in [-0.4, -0.2) is 26.3 Å². The maximum absolute atomic E-state index is 14.9. The molecule has 1 aliphatic rings. The SMILES string of the molecule is Cc1cccc(C)c1-n1nc2c(c1-c1ccc(F)c3[nH]cc(C)c13)CN(c1ncc(C(F)(F)F)cc1F)CC2. The maximum atomic E-state index is 14.9. The molecule has 1 N–H and O–H groups in total. The average molecular weight is 538 g/mol. The zero-order chi connectivity index (χ0) is 27.6. The highest BCUT2D eigenvalue weighted by Gasteiger charge is 2.34. The van der Waals surface area contributed by atoms with Crippen molar-refractivity contribution in [3.63, 3.8) is 0 Å². The summed E-state index contributed by atoms with van der Waals surface area (Å²) in [4.78, 5) is 8.49. The van der Waals surface area contributed by atoms with Crippen molar-refractivity contribution >= 4 is 16.7 Å². The third-order valence-electron chi connectivity index (χ3n) is 7.37. The first kappa shape index (κ1) is 25.1.